The molecule has 1 N–H and O–H groups in total. The maximum atomic E-state index is 12.2. The van der Waals surface area contributed by atoms with Gasteiger partial charge in [-0.25, -0.2) is 0 Å². The van der Waals surface area contributed by atoms with E-state index < -0.39 is 5.41 Å². The second kappa shape index (κ2) is 6.05. The van der Waals surface area contributed by atoms with Gasteiger partial charge in [0.25, 0.3) is 0 Å². The number of nitriles is 1. The van der Waals surface area contributed by atoms with Gasteiger partial charge in [-0.3, -0.25) is 4.79 Å². The third kappa shape index (κ3) is 3.06. The standard InChI is InChI=1S/C14H15ClN2O2/c15-12-4-2-1-3-11(12)9-17-13(18)14(10-16)5-7-19-8-6-14/h1-4H,5-9H2,(H,17,18). The Morgan fingerprint density at radius 2 is 2.11 bits per heavy atom. The highest BCUT2D eigenvalue weighted by Crippen LogP contribution is 2.30. The van der Waals surface area contributed by atoms with E-state index in [0.717, 1.165) is 5.56 Å². The van der Waals surface area contributed by atoms with Gasteiger partial charge in [0, 0.05) is 24.8 Å². The van der Waals surface area contributed by atoms with Crippen LogP contribution in [0.15, 0.2) is 24.3 Å². The number of hydrogen-bond donors (Lipinski definition) is 1. The summed E-state index contributed by atoms with van der Waals surface area (Å²) in [6, 6.07) is 9.47. The Kier molecular flexibility index (Phi) is 4.41. The monoisotopic (exact) mass is 278 g/mol. The van der Waals surface area contributed by atoms with Crippen molar-refractivity contribution >= 4 is 17.5 Å². The molecule has 0 radical (unpaired) electrons. The quantitative estimate of drug-likeness (QED) is 0.923. The SMILES string of the molecule is N#CC1(C(=O)NCc2ccccc2Cl)CCOCC1. The summed E-state index contributed by atoms with van der Waals surface area (Å²) in [6.07, 6.45) is 0.885. The molecule has 0 atom stereocenters. The largest absolute Gasteiger partial charge is 0.381 e. The molecule has 1 fully saturated rings. The van der Waals surface area contributed by atoms with Crippen LogP contribution < -0.4 is 5.32 Å². The summed E-state index contributed by atoms with van der Waals surface area (Å²) in [5.74, 6) is -0.238. The molecule has 0 unspecified atom stereocenters. The summed E-state index contributed by atoms with van der Waals surface area (Å²) in [6.45, 7) is 1.24. The lowest BCUT2D eigenvalue weighted by Gasteiger charge is -2.29. The van der Waals surface area contributed by atoms with Crippen LogP contribution in [0.4, 0.5) is 0 Å². The van der Waals surface area contributed by atoms with Gasteiger partial charge in [-0.2, -0.15) is 5.26 Å². The number of nitrogens with one attached hydrogen (secondary N) is 1. The van der Waals surface area contributed by atoms with E-state index in [1.54, 1.807) is 6.07 Å². The zero-order chi connectivity index (χ0) is 13.7. The van der Waals surface area contributed by atoms with Gasteiger partial charge in [-0.05, 0) is 24.5 Å². The summed E-state index contributed by atoms with van der Waals surface area (Å²) >= 11 is 6.03. The Balaban J connectivity index is 2.01. The molecule has 2 rings (SSSR count). The van der Waals surface area contributed by atoms with Gasteiger partial charge < -0.3 is 10.1 Å². The molecule has 0 saturated carbocycles. The minimum atomic E-state index is -0.959. The van der Waals surface area contributed by atoms with Crippen molar-refractivity contribution in [3.8, 4) is 6.07 Å². The zero-order valence-corrected chi connectivity index (χ0v) is 11.2. The molecule has 1 aromatic carbocycles. The number of benzene rings is 1. The van der Waals surface area contributed by atoms with Gasteiger partial charge in [0.05, 0.1) is 6.07 Å². The van der Waals surface area contributed by atoms with Crippen LogP contribution in [0.2, 0.25) is 5.02 Å². The fraction of sp³-hybridized carbons (Fsp3) is 0.429. The molecule has 0 aromatic heterocycles. The maximum Gasteiger partial charge on any atom is 0.240 e. The Morgan fingerprint density at radius 3 is 2.74 bits per heavy atom. The van der Waals surface area contributed by atoms with Crippen LogP contribution in [0.1, 0.15) is 18.4 Å². The summed E-state index contributed by atoms with van der Waals surface area (Å²) in [5.41, 5.74) is -0.114. The van der Waals surface area contributed by atoms with Gasteiger partial charge in [0.15, 0.2) is 0 Å². The van der Waals surface area contributed by atoms with Crippen molar-refractivity contribution < 1.29 is 9.53 Å². The van der Waals surface area contributed by atoms with Crippen molar-refractivity contribution in [2.45, 2.75) is 19.4 Å². The Labute approximate surface area is 117 Å². The first-order valence-electron chi connectivity index (χ1n) is 6.19. The molecule has 1 saturated heterocycles. The third-order valence-electron chi connectivity index (χ3n) is 3.39. The van der Waals surface area contributed by atoms with Crippen molar-refractivity contribution in [1.82, 2.24) is 5.32 Å². The lowest BCUT2D eigenvalue weighted by atomic mass is 9.81. The second-order valence-electron chi connectivity index (χ2n) is 4.58. The highest BCUT2D eigenvalue weighted by molar-refractivity contribution is 6.31. The molecule has 100 valence electrons. The molecule has 1 heterocycles. The maximum absolute atomic E-state index is 12.2. The first-order valence-corrected chi connectivity index (χ1v) is 6.56. The third-order valence-corrected chi connectivity index (χ3v) is 3.76. The van der Waals surface area contributed by atoms with Gasteiger partial charge in [0.1, 0.15) is 5.41 Å². The number of ether oxygens (including phenoxy) is 1. The van der Waals surface area contributed by atoms with Crippen molar-refractivity contribution in [3.63, 3.8) is 0 Å². The Morgan fingerprint density at radius 1 is 1.42 bits per heavy atom. The first-order chi connectivity index (χ1) is 9.18. The molecule has 1 amide bonds. The van der Waals surface area contributed by atoms with Crippen molar-refractivity contribution in [2.24, 2.45) is 5.41 Å². The molecule has 19 heavy (non-hydrogen) atoms. The second-order valence-corrected chi connectivity index (χ2v) is 4.99. The Bertz CT molecular complexity index is 504. The van der Waals surface area contributed by atoms with E-state index in [9.17, 15) is 10.1 Å². The van der Waals surface area contributed by atoms with Crippen LogP contribution in [0, 0.1) is 16.7 Å². The van der Waals surface area contributed by atoms with E-state index in [0.29, 0.717) is 37.6 Å². The average molecular weight is 279 g/mol. The van der Waals surface area contributed by atoms with E-state index >= 15 is 0 Å². The molecule has 0 spiro atoms. The summed E-state index contributed by atoms with van der Waals surface area (Å²) in [4.78, 5) is 12.2. The van der Waals surface area contributed by atoms with E-state index in [1.807, 2.05) is 18.2 Å². The number of rotatable bonds is 3. The summed E-state index contributed by atoms with van der Waals surface area (Å²) in [5, 5.41) is 12.7. The summed E-state index contributed by atoms with van der Waals surface area (Å²) in [7, 11) is 0. The van der Waals surface area contributed by atoms with Crippen molar-refractivity contribution in [3.05, 3.63) is 34.9 Å². The average Bonchev–Trinajstić information content (AvgIpc) is 2.46. The number of hydrogen-bond acceptors (Lipinski definition) is 3. The lowest BCUT2D eigenvalue weighted by molar-refractivity contribution is -0.132. The molecular weight excluding hydrogens is 264 g/mol. The topological polar surface area (TPSA) is 62.1 Å². The normalized spacial score (nSPS) is 17.5. The van der Waals surface area contributed by atoms with Crippen LogP contribution in [0.5, 0.6) is 0 Å². The molecule has 1 aromatic rings. The smallest absolute Gasteiger partial charge is 0.240 e. The number of carbonyl (C=O) groups is 1. The fourth-order valence-electron chi connectivity index (χ4n) is 2.10. The number of nitrogens with zero attached hydrogens (tertiary/aromatic N) is 1. The van der Waals surface area contributed by atoms with Crippen LogP contribution >= 0.6 is 11.6 Å². The van der Waals surface area contributed by atoms with E-state index in [1.165, 1.54) is 0 Å². The minimum absolute atomic E-state index is 0.238. The predicted octanol–water partition coefficient (Wildman–Crippen LogP) is 2.28. The Hall–Kier alpha value is -1.57. The molecule has 1 aliphatic heterocycles. The van der Waals surface area contributed by atoms with Crippen LogP contribution in [-0.4, -0.2) is 19.1 Å². The van der Waals surface area contributed by atoms with Gasteiger partial charge >= 0.3 is 0 Å². The van der Waals surface area contributed by atoms with E-state index in [2.05, 4.69) is 11.4 Å². The number of carbonyl (C=O) groups excluding carboxylic acids is 1. The first kappa shape index (κ1) is 13.9. The molecule has 5 heteroatoms. The van der Waals surface area contributed by atoms with Gasteiger partial charge in [0.2, 0.25) is 5.91 Å². The van der Waals surface area contributed by atoms with Crippen LogP contribution in [0.25, 0.3) is 0 Å². The zero-order valence-electron chi connectivity index (χ0n) is 10.5. The molecule has 0 aliphatic carbocycles. The van der Waals surface area contributed by atoms with Gasteiger partial charge in [-0.1, -0.05) is 29.8 Å². The minimum Gasteiger partial charge on any atom is -0.381 e. The highest BCUT2D eigenvalue weighted by atomic mass is 35.5. The van der Waals surface area contributed by atoms with Crippen molar-refractivity contribution in [2.75, 3.05) is 13.2 Å². The lowest BCUT2D eigenvalue weighted by Crippen LogP contribution is -2.43. The van der Waals surface area contributed by atoms with Crippen LogP contribution in [-0.2, 0) is 16.1 Å². The molecular formula is C14H15ClN2O2. The molecule has 1 aliphatic rings. The fourth-order valence-corrected chi connectivity index (χ4v) is 2.30. The highest BCUT2D eigenvalue weighted by Gasteiger charge is 2.40. The van der Waals surface area contributed by atoms with Crippen molar-refractivity contribution in [1.29, 1.82) is 5.26 Å². The van der Waals surface area contributed by atoms with E-state index in [4.69, 9.17) is 16.3 Å². The predicted molar refractivity (Wildman–Crippen MR) is 71.4 cm³/mol. The number of halogens is 1. The van der Waals surface area contributed by atoms with Crippen LogP contribution in [0.3, 0.4) is 0 Å². The molecule has 0 bridgehead atoms. The number of amides is 1. The molecule has 4 nitrogen and oxygen atoms in total. The summed E-state index contributed by atoms with van der Waals surface area (Å²) < 4.78 is 5.21. The van der Waals surface area contributed by atoms with Gasteiger partial charge in [-0.15, -0.1) is 0 Å². The van der Waals surface area contributed by atoms with E-state index in [-0.39, 0.29) is 5.91 Å².